The highest BCUT2D eigenvalue weighted by atomic mass is 35.5. The highest BCUT2D eigenvalue weighted by Gasteiger charge is 2.06. The van der Waals surface area contributed by atoms with Crippen molar-refractivity contribution in [3.63, 3.8) is 0 Å². The maximum atomic E-state index is 5.98. The summed E-state index contributed by atoms with van der Waals surface area (Å²) < 4.78 is 5.18. The average molecular weight is 209 g/mol. The van der Waals surface area contributed by atoms with Crippen molar-refractivity contribution >= 4 is 28.3 Å². The van der Waals surface area contributed by atoms with Gasteiger partial charge < -0.3 is 10.5 Å². The molecule has 1 aromatic carbocycles. The lowest BCUT2D eigenvalue weighted by atomic mass is 10.2. The fourth-order valence-corrected chi connectivity index (χ4v) is 1.56. The second-order valence-corrected chi connectivity index (χ2v) is 3.29. The van der Waals surface area contributed by atoms with Crippen LogP contribution in [0.4, 0.5) is 5.82 Å². The molecule has 0 amide bonds. The molecule has 0 saturated carbocycles. The molecule has 0 atom stereocenters. The van der Waals surface area contributed by atoms with E-state index >= 15 is 0 Å². The predicted octanol–water partition coefficient (Wildman–Crippen LogP) is 2.48. The van der Waals surface area contributed by atoms with Crippen LogP contribution in [0.15, 0.2) is 24.3 Å². The number of benzene rings is 1. The molecule has 0 fully saturated rings. The number of ether oxygens (including phenoxy) is 1. The zero-order valence-corrected chi connectivity index (χ0v) is 8.38. The normalized spacial score (nSPS) is 10.4. The van der Waals surface area contributed by atoms with Crippen molar-refractivity contribution in [2.24, 2.45) is 0 Å². The summed E-state index contributed by atoms with van der Waals surface area (Å²) in [7, 11) is 1.61. The van der Waals surface area contributed by atoms with E-state index in [4.69, 9.17) is 22.1 Å². The molecule has 0 bridgehead atoms. The summed E-state index contributed by atoms with van der Waals surface area (Å²) in [4.78, 5) is 4.15. The van der Waals surface area contributed by atoms with Crippen molar-refractivity contribution in [1.29, 1.82) is 0 Å². The molecular formula is C10H9ClN2O. The van der Waals surface area contributed by atoms with Gasteiger partial charge >= 0.3 is 0 Å². The highest BCUT2D eigenvalue weighted by Crippen LogP contribution is 2.30. The maximum Gasteiger partial charge on any atom is 0.128 e. The fourth-order valence-electron chi connectivity index (χ4n) is 1.35. The Bertz CT molecular complexity index is 485. The number of hydrogen-bond acceptors (Lipinski definition) is 3. The Labute approximate surface area is 86.5 Å². The van der Waals surface area contributed by atoms with Gasteiger partial charge in [0.1, 0.15) is 11.6 Å². The molecule has 72 valence electrons. The first-order valence-electron chi connectivity index (χ1n) is 4.11. The van der Waals surface area contributed by atoms with Gasteiger partial charge in [0, 0.05) is 5.39 Å². The molecule has 0 spiro atoms. The van der Waals surface area contributed by atoms with Crippen LogP contribution in [0.25, 0.3) is 10.9 Å². The summed E-state index contributed by atoms with van der Waals surface area (Å²) in [6.07, 6.45) is 0. The van der Waals surface area contributed by atoms with Crippen LogP contribution in [-0.2, 0) is 0 Å². The van der Waals surface area contributed by atoms with Gasteiger partial charge in [0.05, 0.1) is 17.6 Å². The van der Waals surface area contributed by atoms with Crippen molar-refractivity contribution in [1.82, 2.24) is 4.98 Å². The van der Waals surface area contributed by atoms with Gasteiger partial charge in [0.2, 0.25) is 0 Å². The smallest absolute Gasteiger partial charge is 0.128 e. The van der Waals surface area contributed by atoms with Gasteiger partial charge in [-0.05, 0) is 24.3 Å². The number of hydrogen-bond donors (Lipinski definition) is 1. The minimum Gasteiger partial charge on any atom is -0.496 e. The first kappa shape index (κ1) is 9.09. The van der Waals surface area contributed by atoms with Crippen LogP contribution >= 0.6 is 11.6 Å². The molecule has 1 aromatic heterocycles. The Kier molecular flexibility index (Phi) is 2.17. The van der Waals surface area contributed by atoms with E-state index in [1.54, 1.807) is 19.2 Å². The number of halogens is 1. The Morgan fingerprint density at radius 1 is 1.29 bits per heavy atom. The quantitative estimate of drug-likeness (QED) is 0.783. The first-order chi connectivity index (χ1) is 6.72. The third kappa shape index (κ3) is 1.36. The minimum absolute atomic E-state index is 0.452. The molecule has 0 aliphatic carbocycles. The van der Waals surface area contributed by atoms with Crippen molar-refractivity contribution in [3.8, 4) is 5.75 Å². The van der Waals surface area contributed by atoms with Gasteiger partial charge in [-0.3, -0.25) is 0 Å². The number of methoxy groups -OCH3 is 1. The average Bonchev–Trinajstić information content (AvgIpc) is 2.19. The van der Waals surface area contributed by atoms with Crippen LogP contribution < -0.4 is 10.5 Å². The highest BCUT2D eigenvalue weighted by molar-refractivity contribution is 6.35. The van der Waals surface area contributed by atoms with Crippen LogP contribution in [-0.4, -0.2) is 12.1 Å². The number of anilines is 1. The molecule has 1 heterocycles. The molecule has 2 aromatic rings. The van der Waals surface area contributed by atoms with Crippen LogP contribution in [0.2, 0.25) is 5.02 Å². The number of pyridine rings is 1. The van der Waals surface area contributed by atoms with Crippen LogP contribution in [0.3, 0.4) is 0 Å². The number of aromatic nitrogens is 1. The Morgan fingerprint density at radius 2 is 2.07 bits per heavy atom. The molecule has 0 radical (unpaired) electrons. The molecule has 0 unspecified atom stereocenters. The number of rotatable bonds is 1. The van der Waals surface area contributed by atoms with E-state index in [2.05, 4.69) is 4.98 Å². The van der Waals surface area contributed by atoms with Crippen molar-refractivity contribution in [3.05, 3.63) is 29.3 Å². The van der Waals surface area contributed by atoms with Crippen LogP contribution in [0.5, 0.6) is 5.75 Å². The van der Waals surface area contributed by atoms with E-state index in [9.17, 15) is 0 Å². The maximum absolute atomic E-state index is 5.98. The molecular weight excluding hydrogens is 200 g/mol. The van der Waals surface area contributed by atoms with Crippen LogP contribution in [0, 0.1) is 0 Å². The number of fused-ring (bicyclic) bond motifs is 1. The minimum atomic E-state index is 0.452. The predicted molar refractivity (Wildman–Crippen MR) is 57.7 cm³/mol. The zero-order valence-electron chi connectivity index (χ0n) is 7.62. The molecule has 14 heavy (non-hydrogen) atoms. The van der Waals surface area contributed by atoms with Gasteiger partial charge in [-0.1, -0.05) is 11.6 Å². The summed E-state index contributed by atoms with van der Waals surface area (Å²) in [5.74, 6) is 1.20. The monoisotopic (exact) mass is 208 g/mol. The second kappa shape index (κ2) is 3.35. The summed E-state index contributed by atoms with van der Waals surface area (Å²) in [6, 6.07) is 7.13. The molecule has 2 N–H and O–H groups in total. The second-order valence-electron chi connectivity index (χ2n) is 2.88. The Morgan fingerprint density at radius 3 is 2.79 bits per heavy atom. The zero-order chi connectivity index (χ0) is 10.1. The standard InChI is InChI=1S/C10H9ClN2O/c1-14-8-4-3-7(11)10-6(8)2-5-9(12)13-10/h2-5H,1H3,(H2,12,13). The van der Waals surface area contributed by atoms with Crippen molar-refractivity contribution in [2.75, 3.05) is 12.8 Å². The lowest BCUT2D eigenvalue weighted by molar-refractivity contribution is 0.420. The number of nitrogens with zero attached hydrogens (tertiary/aromatic N) is 1. The molecule has 2 rings (SSSR count). The van der Waals surface area contributed by atoms with Crippen LogP contribution in [0.1, 0.15) is 0 Å². The lowest BCUT2D eigenvalue weighted by Crippen LogP contribution is -1.92. The Balaban J connectivity index is 2.84. The number of nitrogens with two attached hydrogens (primary N) is 1. The van der Waals surface area contributed by atoms with E-state index < -0.39 is 0 Å². The fraction of sp³-hybridized carbons (Fsp3) is 0.100. The SMILES string of the molecule is COc1ccc(Cl)c2nc(N)ccc12. The summed E-state index contributed by atoms with van der Waals surface area (Å²) in [5, 5.41) is 1.45. The topological polar surface area (TPSA) is 48.1 Å². The van der Waals surface area contributed by atoms with E-state index in [0.717, 1.165) is 11.1 Å². The van der Waals surface area contributed by atoms with Gasteiger partial charge in [0.25, 0.3) is 0 Å². The van der Waals surface area contributed by atoms with Gasteiger partial charge in [-0.25, -0.2) is 4.98 Å². The van der Waals surface area contributed by atoms with Crippen molar-refractivity contribution < 1.29 is 4.74 Å². The third-order valence-electron chi connectivity index (χ3n) is 2.01. The lowest BCUT2D eigenvalue weighted by Gasteiger charge is -2.06. The molecule has 3 nitrogen and oxygen atoms in total. The molecule has 0 aliphatic rings. The van der Waals surface area contributed by atoms with Crippen molar-refractivity contribution in [2.45, 2.75) is 0 Å². The van der Waals surface area contributed by atoms with Gasteiger partial charge in [0.15, 0.2) is 0 Å². The van der Waals surface area contributed by atoms with E-state index in [1.807, 2.05) is 12.1 Å². The molecule has 0 aliphatic heterocycles. The van der Waals surface area contributed by atoms with E-state index in [1.165, 1.54) is 0 Å². The Hall–Kier alpha value is -1.48. The summed E-state index contributed by atoms with van der Waals surface area (Å²) in [6.45, 7) is 0. The summed E-state index contributed by atoms with van der Waals surface area (Å²) >= 11 is 5.98. The molecule has 4 heteroatoms. The number of nitrogen functional groups attached to an aromatic ring is 1. The van der Waals surface area contributed by atoms with E-state index in [0.29, 0.717) is 16.4 Å². The largest absolute Gasteiger partial charge is 0.496 e. The van der Waals surface area contributed by atoms with Gasteiger partial charge in [-0.15, -0.1) is 0 Å². The summed E-state index contributed by atoms with van der Waals surface area (Å²) in [5.41, 5.74) is 6.25. The van der Waals surface area contributed by atoms with E-state index in [-0.39, 0.29) is 0 Å². The molecule has 0 saturated heterocycles. The third-order valence-corrected chi connectivity index (χ3v) is 2.31. The van der Waals surface area contributed by atoms with Gasteiger partial charge in [-0.2, -0.15) is 0 Å². The first-order valence-corrected chi connectivity index (χ1v) is 4.49.